The van der Waals surface area contributed by atoms with Crippen LogP contribution in [-0.2, 0) is 6.54 Å². The SMILES string of the molecule is CNC1=C(Cn2ccc3cnc(Nc4ccc(N5CCN(CC(C)O)CC5)cc4)nc32)C=CCN1. The molecule has 0 radical (unpaired) electrons. The first-order chi connectivity index (χ1) is 17.1. The molecule has 0 saturated carbocycles. The number of hydrogen-bond acceptors (Lipinski definition) is 8. The summed E-state index contributed by atoms with van der Waals surface area (Å²) < 4.78 is 2.15. The molecule has 0 bridgehead atoms. The van der Waals surface area contributed by atoms with Crippen LogP contribution in [0.25, 0.3) is 11.0 Å². The number of aliphatic hydroxyl groups excluding tert-OH is 1. The summed E-state index contributed by atoms with van der Waals surface area (Å²) in [5.74, 6) is 1.63. The molecule has 4 heterocycles. The molecule has 2 aliphatic rings. The van der Waals surface area contributed by atoms with E-state index in [2.05, 4.69) is 84.0 Å². The number of β-amino-alcohol motifs (C(OH)–C–C–N with tert-alkyl or cyclic N) is 1. The molecular formula is C26H34N8O. The van der Waals surface area contributed by atoms with Crippen LogP contribution >= 0.6 is 0 Å². The normalized spacial score (nSPS) is 17.5. The highest BCUT2D eigenvalue weighted by Gasteiger charge is 2.18. The highest BCUT2D eigenvalue weighted by Crippen LogP contribution is 2.23. The first kappa shape index (κ1) is 23.2. The monoisotopic (exact) mass is 474 g/mol. The molecule has 1 fully saturated rings. The fourth-order valence-electron chi connectivity index (χ4n) is 4.73. The Hall–Kier alpha value is -3.56. The van der Waals surface area contributed by atoms with Gasteiger partial charge in [0.15, 0.2) is 0 Å². The summed E-state index contributed by atoms with van der Waals surface area (Å²) in [7, 11) is 1.93. The Labute approximate surface area is 206 Å². The van der Waals surface area contributed by atoms with Gasteiger partial charge in [-0.1, -0.05) is 12.2 Å². The molecule has 9 heteroatoms. The highest BCUT2D eigenvalue weighted by atomic mass is 16.3. The van der Waals surface area contributed by atoms with E-state index in [9.17, 15) is 5.11 Å². The van der Waals surface area contributed by atoms with Crippen molar-refractivity contribution in [2.45, 2.75) is 19.6 Å². The van der Waals surface area contributed by atoms with E-state index in [0.29, 0.717) is 5.95 Å². The first-order valence-electron chi connectivity index (χ1n) is 12.2. The van der Waals surface area contributed by atoms with Crippen LogP contribution in [-0.4, -0.2) is 77.0 Å². The van der Waals surface area contributed by atoms with Crippen LogP contribution in [0.3, 0.4) is 0 Å². The van der Waals surface area contributed by atoms with Crippen molar-refractivity contribution in [2.24, 2.45) is 0 Å². The van der Waals surface area contributed by atoms with Crippen molar-refractivity contribution in [3.8, 4) is 0 Å². The van der Waals surface area contributed by atoms with E-state index in [0.717, 1.165) is 68.4 Å². The molecule has 4 N–H and O–H groups in total. The molecular weight excluding hydrogens is 440 g/mol. The van der Waals surface area contributed by atoms with Crippen LogP contribution in [0.15, 0.2) is 66.3 Å². The van der Waals surface area contributed by atoms with Crippen molar-refractivity contribution in [1.29, 1.82) is 0 Å². The summed E-state index contributed by atoms with van der Waals surface area (Å²) in [6.07, 6.45) is 7.93. The Kier molecular flexibility index (Phi) is 6.87. The van der Waals surface area contributed by atoms with Crippen molar-refractivity contribution in [1.82, 2.24) is 30.1 Å². The summed E-state index contributed by atoms with van der Waals surface area (Å²) in [4.78, 5) is 14.0. The lowest BCUT2D eigenvalue weighted by atomic mass is 10.2. The van der Waals surface area contributed by atoms with Gasteiger partial charge in [0.1, 0.15) is 11.5 Å². The van der Waals surface area contributed by atoms with Gasteiger partial charge in [0.2, 0.25) is 5.95 Å². The van der Waals surface area contributed by atoms with Gasteiger partial charge in [-0.05, 0) is 37.3 Å². The Balaban J connectivity index is 1.26. The third-order valence-corrected chi connectivity index (χ3v) is 6.51. The lowest BCUT2D eigenvalue weighted by Crippen LogP contribution is -2.48. The number of nitrogens with zero attached hydrogens (tertiary/aromatic N) is 5. The second-order valence-corrected chi connectivity index (χ2v) is 9.16. The second-order valence-electron chi connectivity index (χ2n) is 9.16. The first-order valence-corrected chi connectivity index (χ1v) is 12.2. The maximum atomic E-state index is 9.61. The molecule has 35 heavy (non-hydrogen) atoms. The predicted molar refractivity (Wildman–Crippen MR) is 141 cm³/mol. The van der Waals surface area contributed by atoms with E-state index in [1.54, 1.807) is 0 Å². The maximum absolute atomic E-state index is 9.61. The molecule has 3 aromatic rings. The van der Waals surface area contributed by atoms with Crippen molar-refractivity contribution in [2.75, 3.05) is 56.5 Å². The highest BCUT2D eigenvalue weighted by molar-refractivity contribution is 5.77. The average Bonchev–Trinajstić information content (AvgIpc) is 3.27. The second kappa shape index (κ2) is 10.4. The van der Waals surface area contributed by atoms with Crippen molar-refractivity contribution < 1.29 is 5.11 Å². The van der Waals surface area contributed by atoms with Gasteiger partial charge in [-0.25, -0.2) is 4.98 Å². The molecule has 5 rings (SSSR count). The number of rotatable bonds is 8. The molecule has 184 valence electrons. The summed E-state index contributed by atoms with van der Waals surface area (Å²) in [6, 6.07) is 10.5. The molecule has 2 aliphatic heterocycles. The Bertz CT molecular complexity index is 1210. The zero-order valence-electron chi connectivity index (χ0n) is 20.4. The van der Waals surface area contributed by atoms with Gasteiger partial charge < -0.3 is 30.5 Å². The van der Waals surface area contributed by atoms with E-state index in [1.807, 2.05) is 20.2 Å². The van der Waals surface area contributed by atoms with E-state index in [-0.39, 0.29) is 6.10 Å². The lowest BCUT2D eigenvalue weighted by Gasteiger charge is -2.36. The minimum absolute atomic E-state index is 0.278. The predicted octanol–water partition coefficient (Wildman–Crippen LogP) is 2.27. The maximum Gasteiger partial charge on any atom is 0.229 e. The van der Waals surface area contributed by atoms with E-state index >= 15 is 0 Å². The van der Waals surface area contributed by atoms with Gasteiger partial charge in [0.25, 0.3) is 0 Å². The number of dihydropyridines is 1. The molecule has 1 aromatic carbocycles. The van der Waals surface area contributed by atoms with Gasteiger partial charge in [-0.3, -0.25) is 4.90 Å². The Morgan fingerprint density at radius 1 is 1.11 bits per heavy atom. The molecule has 0 spiro atoms. The number of hydrogen-bond donors (Lipinski definition) is 4. The quantitative estimate of drug-likeness (QED) is 0.395. The van der Waals surface area contributed by atoms with Gasteiger partial charge in [0, 0.05) is 81.0 Å². The van der Waals surface area contributed by atoms with Gasteiger partial charge >= 0.3 is 0 Å². The average molecular weight is 475 g/mol. The zero-order chi connectivity index (χ0) is 24.2. The van der Waals surface area contributed by atoms with E-state index in [1.165, 1.54) is 11.3 Å². The Morgan fingerprint density at radius 3 is 2.66 bits per heavy atom. The standard InChI is InChI=1S/C26H34N8O/c1-19(35)17-32-12-14-33(15-13-32)23-7-5-22(6-8-23)30-26-29-16-20-9-11-34(25(20)31-26)18-21-4-3-10-28-24(21)27-2/h3-9,11,16,19,27-28,35H,10,12-15,17-18H2,1-2H3,(H,29,30,31). The number of benzene rings is 1. The fraction of sp³-hybridized carbons (Fsp3) is 0.385. The Morgan fingerprint density at radius 2 is 1.91 bits per heavy atom. The number of anilines is 3. The topological polar surface area (TPSA) is 93.5 Å². The third-order valence-electron chi connectivity index (χ3n) is 6.51. The molecule has 1 atom stereocenters. The van der Waals surface area contributed by atoms with Crippen molar-refractivity contribution in [3.63, 3.8) is 0 Å². The molecule has 0 amide bonds. The van der Waals surface area contributed by atoms with Crippen LogP contribution in [0.5, 0.6) is 0 Å². The number of aromatic nitrogens is 3. The van der Waals surface area contributed by atoms with Crippen LogP contribution in [0, 0.1) is 0 Å². The summed E-state index contributed by atoms with van der Waals surface area (Å²) in [5, 5.41) is 20.6. The fourth-order valence-corrected chi connectivity index (χ4v) is 4.73. The van der Waals surface area contributed by atoms with Gasteiger partial charge in [-0.15, -0.1) is 0 Å². The molecule has 1 saturated heterocycles. The van der Waals surface area contributed by atoms with E-state index in [4.69, 9.17) is 4.98 Å². The smallest absolute Gasteiger partial charge is 0.229 e. The lowest BCUT2D eigenvalue weighted by molar-refractivity contribution is 0.123. The number of aliphatic hydroxyl groups is 1. The summed E-state index contributed by atoms with van der Waals surface area (Å²) in [6.45, 7) is 8.01. The minimum atomic E-state index is -0.278. The number of nitrogens with one attached hydrogen (secondary N) is 3. The van der Waals surface area contributed by atoms with Gasteiger partial charge in [-0.2, -0.15) is 4.98 Å². The van der Waals surface area contributed by atoms with Crippen LogP contribution in [0.2, 0.25) is 0 Å². The van der Waals surface area contributed by atoms with Crippen LogP contribution in [0.1, 0.15) is 6.92 Å². The molecule has 2 aromatic heterocycles. The molecule has 0 aliphatic carbocycles. The zero-order valence-corrected chi connectivity index (χ0v) is 20.4. The van der Waals surface area contributed by atoms with Crippen molar-refractivity contribution in [3.05, 3.63) is 66.3 Å². The van der Waals surface area contributed by atoms with Crippen molar-refractivity contribution >= 4 is 28.4 Å². The minimum Gasteiger partial charge on any atom is -0.392 e. The van der Waals surface area contributed by atoms with Crippen LogP contribution < -0.4 is 20.9 Å². The summed E-state index contributed by atoms with van der Waals surface area (Å²) >= 11 is 0. The van der Waals surface area contributed by atoms with Gasteiger partial charge in [0.05, 0.1) is 12.6 Å². The number of piperazine rings is 1. The third kappa shape index (κ3) is 5.41. The van der Waals surface area contributed by atoms with E-state index < -0.39 is 0 Å². The molecule has 9 nitrogen and oxygen atoms in total. The van der Waals surface area contributed by atoms with Crippen LogP contribution in [0.4, 0.5) is 17.3 Å². The largest absolute Gasteiger partial charge is 0.392 e. The molecule has 1 unspecified atom stereocenters. The number of fused-ring (bicyclic) bond motifs is 1. The number of allylic oxidation sites excluding steroid dienone is 2. The summed E-state index contributed by atoms with van der Waals surface area (Å²) in [5.41, 5.74) is 4.25.